The van der Waals surface area contributed by atoms with Gasteiger partial charge in [0.25, 0.3) is 5.91 Å². The van der Waals surface area contributed by atoms with Crippen LogP contribution in [0, 0.1) is 5.41 Å². The fourth-order valence-electron chi connectivity index (χ4n) is 4.16. The molecule has 8 nitrogen and oxygen atoms in total. The number of carbonyl (C=O) groups excluding carboxylic acids is 2. The van der Waals surface area contributed by atoms with Crippen LogP contribution in [0.4, 0.5) is 13.2 Å². The Morgan fingerprint density at radius 3 is 2.59 bits per heavy atom. The summed E-state index contributed by atoms with van der Waals surface area (Å²) in [5.41, 5.74) is -0.846. The summed E-state index contributed by atoms with van der Waals surface area (Å²) in [6.07, 6.45) is 0.504. The van der Waals surface area contributed by atoms with Crippen molar-refractivity contribution in [3.63, 3.8) is 0 Å². The zero-order valence-electron chi connectivity index (χ0n) is 21.8. The lowest BCUT2D eigenvalue weighted by molar-refractivity contribution is -0.137. The van der Waals surface area contributed by atoms with Gasteiger partial charge in [-0.3, -0.25) is 9.59 Å². The van der Waals surface area contributed by atoms with Crippen molar-refractivity contribution < 1.29 is 32.2 Å². The number of carbonyl (C=O) groups is 2. The molecule has 2 aromatic rings. The van der Waals surface area contributed by atoms with Crippen LogP contribution in [0.2, 0.25) is 5.02 Å². The van der Waals surface area contributed by atoms with Gasteiger partial charge in [0.15, 0.2) is 0 Å². The molecule has 12 heteroatoms. The highest BCUT2D eigenvalue weighted by molar-refractivity contribution is 6.32. The van der Waals surface area contributed by atoms with Crippen molar-refractivity contribution in [1.29, 1.82) is 0 Å². The van der Waals surface area contributed by atoms with E-state index in [0.717, 1.165) is 57.0 Å². The minimum absolute atomic E-state index is 0.00634. The molecular formula is C27H32ClF3N4O4. The second-order valence-electron chi connectivity index (χ2n) is 10.5. The average molecular weight is 569 g/mol. The normalized spacial score (nSPS) is 18.3. The summed E-state index contributed by atoms with van der Waals surface area (Å²) in [5.74, 6) is -1.27. The van der Waals surface area contributed by atoms with Crippen LogP contribution in [0.15, 0.2) is 36.5 Å². The largest absolute Gasteiger partial charge is 0.437 e. The number of alkyl halides is 3. The fourth-order valence-corrected chi connectivity index (χ4v) is 4.38. The van der Waals surface area contributed by atoms with E-state index in [0.29, 0.717) is 6.61 Å². The predicted molar refractivity (Wildman–Crippen MR) is 139 cm³/mol. The quantitative estimate of drug-likeness (QED) is 0.433. The van der Waals surface area contributed by atoms with Crippen molar-refractivity contribution in [2.75, 3.05) is 33.4 Å². The number of rotatable bonds is 10. The molecule has 2 amide bonds. The van der Waals surface area contributed by atoms with Gasteiger partial charge in [-0.25, -0.2) is 4.98 Å². The summed E-state index contributed by atoms with van der Waals surface area (Å²) in [6.45, 7) is 4.29. The van der Waals surface area contributed by atoms with Crippen LogP contribution in [0.25, 0.3) is 0 Å². The van der Waals surface area contributed by atoms with E-state index >= 15 is 0 Å². The molecule has 2 aliphatic rings. The summed E-state index contributed by atoms with van der Waals surface area (Å²) < 4.78 is 50.4. The molecule has 212 valence electrons. The molecule has 0 bridgehead atoms. The topological polar surface area (TPSA) is 92.8 Å². The number of benzene rings is 1. The molecule has 1 atom stereocenters. The van der Waals surface area contributed by atoms with Gasteiger partial charge in [0.1, 0.15) is 17.4 Å². The Morgan fingerprint density at radius 2 is 1.95 bits per heavy atom. The van der Waals surface area contributed by atoms with E-state index in [1.54, 1.807) is 0 Å². The van der Waals surface area contributed by atoms with Crippen LogP contribution in [-0.2, 0) is 15.7 Å². The SMILES string of the molecule is CN1CCC(NC(=O)[C@@H](COCC2(C)CC2)NC(=O)c2cccnc2Oc2ccc(C(F)(F)F)cc2Cl)CC1. The van der Waals surface area contributed by atoms with Crippen LogP contribution >= 0.6 is 11.6 Å². The number of ether oxygens (including phenoxy) is 2. The van der Waals surface area contributed by atoms with Gasteiger partial charge in [-0.1, -0.05) is 18.5 Å². The van der Waals surface area contributed by atoms with Crippen molar-refractivity contribution in [3.8, 4) is 11.6 Å². The lowest BCUT2D eigenvalue weighted by Gasteiger charge is -2.30. The zero-order chi connectivity index (χ0) is 28.2. The molecule has 1 aromatic carbocycles. The highest BCUT2D eigenvalue weighted by atomic mass is 35.5. The Morgan fingerprint density at radius 1 is 1.23 bits per heavy atom. The molecular weight excluding hydrogens is 537 g/mol. The molecule has 1 saturated heterocycles. The Bertz CT molecular complexity index is 1180. The Kier molecular flexibility index (Phi) is 9.03. The maximum atomic E-state index is 13.3. The molecule has 2 fully saturated rings. The molecule has 1 aromatic heterocycles. The Labute approximate surface area is 230 Å². The van der Waals surface area contributed by atoms with Gasteiger partial charge < -0.3 is 25.0 Å². The zero-order valence-corrected chi connectivity index (χ0v) is 22.6. The highest BCUT2D eigenvalue weighted by Crippen LogP contribution is 2.45. The van der Waals surface area contributed by atoms with E-state index in [-0.39, 0.29) is 46.2 Å². The third kappa shape index (κ3) is 8.06. The van der Waals surface area contributed by atoms with Gasteiger partial charge in [-0.05, 0) is 81.6 Å². The predicted octanol–water partition coefficient (Wildman–Crippen LogP) is 4.67. The molecule has 0 spiro atoms. The Balaban J connectivity index is 1.47. The van der Waals surface area contributed by atoms with Gasteiger partial charge in [-0.2, -0.15) is 13.2 Å². The fraction of sp³-hybridized carbons (Fsp3) is 0.519. The van der Waals surface area contributed by atoms with Crippen LogP contribution in [-0.4, -0.2) is 67.1 Å². The second kappa shape index (κ2) is 12.1. The molecule has 39 heavy (non-hydrogen) atoms. The first-order valence-corrected chi connectivity index (χ1v) is 13.2. The lowest BCUT2D eigenvalue weighted by Crippen LogP contribution is -2.53. The molecule has 4 rings (SSSR count). The van der Waals surface area contributed by atoms with Gasteiger partial charge in [0, 0.05) is 12.2 Å². The van der Waals surface area contributed by atoms with E-state index in [1.165, 1.54) is 18.3 Å². The lowest BCUT2D eigenvalue weighted by atomic mass is 10.0. The number of nitrogens with zero attached hydrogens (tertiary/aromatic N) is 2. The Hall–Kier alpha value is -2.89. The van der Waals surface area contributed by atoms with Gasteiger partial charge in [-0.15, -0.1) is 0 Å². The van der Waals surface area contributed by atoms with E-state index < -0.39 is 23.7 Å². The average Bonchev–Trinajstić information content (AvgIpc) is 3.62. The molecule has 2 heterocycles. The molecule has 0 unspecified atom stereocenters. The first-order valence-electron chi connectivity index (χ1n) is 12.8. The van der Waals surface area contributed by atoms with E-state index in [2.05, 4.69) is 27.4 Å². The van der Waals surface area contributed by atoms with Gasteiger partial charge in [0.05, 0.1) is 23.8 Å². The first kappa shape index (κ1) is 29.1. The summed E-state index contributed by atoms with van der Waals surface area (Å²) in [5, 5.41) is 5.45. The minimum Gasteiger partial charge on any atom is -0.437 e. The number of halogens is 4. The van der Waals surface area contributed by atoms with Crippen molar-refractivity contribution in [3.05, 3.63) is 52.7 Å². The first-order chi connectivity index (χ1) is 18.4. The van der Waals surface area contributed by atoms with E-state index in [4.69, 9.17) is 21.1 Å². The number of pyridine rings is 1. The molecule has 0 radical (unpaired) electrons. The summed E-state index contributed by atoms with van der Waals surface area (Å²) in [6, 6.07) is 4.59. The second-order valence-corrected chi connectivity index (χ2v) is 10.9. The standard InChI is InChI=1S/C27H32ClF3N4O4/c1-26(9-10-26)16-38-15-21(24(37)33-18-7-12-35(2)13-8-18)34-23(36)19-4-3-11-32-25(19)39-22-6-5-17(14-20(22)28)27(29,30)31/h3-6,11,14,18,21H,7-10,12-13,15-16H2,1-2H3,(H,33,37)(H,34,36)/t21-/m1/s1. The number of hydrogen-bond donors (Lipinski definition) is 2. The highest BCUT2D eigenvalue weighted by Gasteiger charge is 2.38. The number of aromatic nitrogens is 1. The monoisotopic (exact) mass is 568 g/mol. The third-order valence-electron chi connectivity index (χ3n) is 7.01. The van der Waals surface area contributed by atoms with Crippen molar-refractivity contribution in [2.24, 2.45) is 5.41 Å². The van der Waals surface area contributed by atoms with Crippen molar-refractivity contribution in [1.82, 2.24) is 20.5 Å². The third-order valence-corrected chi connectivity index (χ3v) is 7.30. The van der Waals surface area contributed by atoms with E-state index in [9.17, 15) is 22.8 Å². The van der Waals surface area contributed by atoms with Crippen LogP contribution in [0.3, 0.4) is 0 Å². The number of hydrogen-bond acceptors (Lipinski definition) is 6. The van der Waals surface area contributed by atoms with Crippen molar-refractivity contribution in [2.45, 2.75) is 50.9 Å². The number of nitrogens with one attached hydrogen (secondary N) is 2. The molecule has 1 aliphatic carbocycles. The molecule has 2 N–H and O–H groups in total. The van der Waals surface area contributed by atoms with Gasteiger partial charge >= 0.3 is 6.18 Å². The van der Waals surface area contributed by atoms with E-state index in [1.807, 2.05) is 7.05 Å². The number of amides is 2. The summed E-state index contributed by atoms with van der Waals surface area (Å²) in [4.78, 5) is 32.7. The van der Waals surface area contributed by atoms with Crippen LogP contribution in [0.5, 0.6) is 11.6 Å². The van der Waals surface area contributed by atoms with Crippen LogP contribution < -0.4 is 15.4 Å². The number of piperidine rings is 1. The summed E-state index contributed by atoms with van der Waals surface area (Å²) >= 11 is 6.02. The molecule has 1 aliphatic heterocycles. The maximum absolute atomic E-state index is 13.3. The van der Waals surface area contributed by atoms with Gasteiger partial charge in [0.2, 0.25) is 11.8 Å². The van der Waals surface area contributed by atoms with Crippen LogP contribution in [0.1, 0.15) is 48.5 Å². The van der Waals surface area contributed by atoms with Crippen molar-refractivity contribution >= 4 is 23.4 Å². The maximum Gasteiger partial charge on any atom is 0.416 e. The number of likely N-dealkylation sites (tertiary alicyclic amines) is 1. The molecule has 1 saturated carbocycles. The smallest absolute Gasteiger partial charge is 0.416 e. The minimum atomic E-state index is -4.57. The summed E-state index contributed by atoms with van der Waals surface area (Å²) in [7, 11) is 2.03.